The molecule has 2 amide bonds. The number of fused-ring (bicyclic) bond motifs is 3. The average Bonchev–Trinajstić information content (AvgIpc) is 3.29. The highest BCUT2D eigenvalue weighted by Gasteiger charge is 2.49. The van der Waals surface area contributed by atoms with E-state index in [9.17, 15) is 40.3 Å². The molecule has 14 heteroatoms. The topological polar surface area (TPSA) is 76.7 Å². The Bertz CT molecular complexity index is 1490. The van der Waals surface area contributed by atoms with Gasteiger partial charge in [0.05, 0.1) is 22.9 Å². The van der Waals surface area contributed by atoms with Gasteiger partial charge in [-0.25, -0.2) is 8.78 Å². The minimum absolute atomic E-state index is 0.0278. The van der Waals surface area contributed by atoms with Crippen LogP contribution in [0.3, 0.4) is 0 Å². The molecular formula is C23H10ClF7N2O4. The number of halogens is 8. The van der Waals surface area contributed by atoms with Crippen LogP contribution in [-0.2, 0) is 6.18 Å². The molecule has 192 valence electrons. The Morgan fingerprint density at radius 1 is 1.03 bits per heavy atom. The lowest BCUT2D eigenvalue weighted by molar-refractivity contribution is -0.286. The second-order valence-electron chi connectivity index (χ2n) is 7.96. The molecule has 0 radical (unpaired) electrons. The number of hydrogen-bond acceptors (Lipinski definition) is 4. The Kier molecular flexibility index (Phi) is 5.51. The van der Waals surface area contributed by atoms with E-state index >= 15 is 0 Å². The monoisotopic (exact) mass is 546 g/mol. The van der Waals surface area contributed by atoms with Gasteiger partial charge in [-0.3, -0.25) is 9.59 Å². The summed E-state index contributed by atoms with van der Waals surface area (Å²) >= 11 is 6.16. The Balaban J connectivity index is 1.65. The van der Waals surface area contributed by atoms with Gasteiger partial charge in [0.25, 0.3) is 11.8 Å². The molecule has 2 heterocycles. The second-order valence-corrected chi connectivity index (χ2v) is 8.37. The summed E-state index contributed by atoms with van der Waals surface area (Å²) in [7, 11) is 0. The van der Waals surface area contributed by atoms with E-state index in [4.69, 9.17) is 11.6 Å². The van der Waals surface area contributed by atoms with Gasteiger partial charge in [-0.05, 0) is 36.4 Å². The normalized spacial score (nSPS) is 17.4. The molecule has 0 saturated heterocycles. The summed E-state index contributed by atoms with van der Waals surface area (Å²) in [6.45, 7) is 0. The number of hydrogen-bond donors (Lipinski definition) is 2. The predicted molar refractivity (Wildman–Crippen MR) is 113 cm³/mol. The van der Waals surface area contributed by atoms with Crippen molar-refractivity contribution in [3.63, 3.8) is 0 Å². The van der Waals surface area contributed by atoms with Crippen molar-refractivity contribution in [2.24, 2.45) is 0 Å². The standard InChI is InChI=1S/C23H10ClF7N2O4/c24-13-2-1-10(25)6-12(13)18-16-14(7-15-19(17(16)21(35)33-18)37-23(30,31)36-15)32-20(34)8-3-9(22(27,28)29)5-11(26)4-8/h1-7,18H,(H,32,34)(H,33,35). The van der Waals surface area contributed by atoms with Crippen LogP contribution >= 0.6 is 11.6 Å². The zero-order valence-electron chi connectivity index (χ0n) is 17.8. The zero-order chi connectivity index (χ0) is 26.9. The van der Waals surface area contributed by atoms with Gasteiger partial charge in [0, 0.05) is 27.8 Å². The van der Waals surface area contributed by atoms with Crippen molar-refractivity contribution in [2.45, 2.75) is 18.5 Å². The summed E-state index contributed by atoms with van der Waals surface area (Å²) in [6.07, 6.45) is -9.16. The van der Waals surface area contributed by atoms with E-state index in [1.54, 1.807) is 0 Å². The number of ether oxygens (including phenoxy) is 2. The van der Waals surface area contributed by atoms with Crippen LogP contribution in [0.15, 0.2) is 42.5 Å². The second kappa shape index (κ2) is 8.26. The minimum Gasteiger partial charge on any atom is -0.395 e. The Hall–Kier alpha value is -4.00. The van der Waals surface area contributed by atoms with Crippen LogP contribution in [0.5, 0.6) is 11.5 Å². The molecule has 0 fully saturated rings. The van der Waals surface area contributed by atoms with E-state index in [2.05, 4.69) is 20.1 Å². The maximum Gasteiger partial charge on any atom is 0.586 e. The van der Waals surface area contributed by atoms with Crippen LogP contribution in [0.2, 0.25) is 5.02 Å². The molecule has 3 aromatic rings. The molecule has 2 aliphatic heterocycles. The van der Waals surface area contributed by atoms with E-state index in [0.29, 0.717) is 12.1 Å². The molecule has 5 rings (SSSR count). The van der Waals surface area contributed by atoms with Crippen molar-refractivity contribution in [2.75, 3.05) is 5.32 Å². The maximum absolute atomic E-state index is 14.0. The molecule has 1 unspecified atom stereocenters. The van der Waals surface area contributed by atoms with Gasteiger partial charge in [0.2, 0.25) is 0 Å². The molecule has 0 saturated carbocycles. The fourth-order valence-corrected chi connectivity index (χ4v) is 4.28. The molecule has 2 N–H and O–H groups in total. The first-order chi connectivity index (χ1) is 17.2. The van der Waals surface area contributed by atoms with Crippen LogP contribution in [0.4, 0.5) is 36.4 Å². The highest BCUT2D eigenvalue weighted by Crippen LogP contribution is 2.52. The average molecular weight is 547 g/mol. The molecule has 0 bridgehead atoms. The summed E-state index contributed by atoms with van der Waals surface area (Å²) in [6, 6.07) is 3.77. The summed E-state index contributed by atoms with van der Waals surface area (Å²) in [5, 5.41) is 4.57. The fraction of sp³-hybridized carbons (Fsp3) is 0.130. The van der Waals surface area contributed by atoms with Crippen LogP contribution < -0.4 is 20.1 Å². The lowest BCUT2D eigenvalue weighted by Gasteiger charge is -2.18. The van der Waals surface area contributed by atoms with Gasteiger partial charge in [-0.2, -0.15) is 13.2 Å². The van der Waals surface area contributed by atoms with Gasteiger partial charge in [-0.1, -0.05) is 11.6 Å². The smallest absolute Gasteiger partial charge is 0.395 e. The number of carbonyl (C=O) groups excluding carboxylic acids is 2. The summed E-state index contributed by atoms with van der Waals surface area (Å²) in [4.78, 5) is 25.7. The van der Waals surface area contributed by atoms with Gasteiger partial charge < -0.3 is 20.1 Å². The number of benzene rings is 3. The minimum atomic E-state index is -4.97. The predicted octanol–water partition coefficient (Wildman–Crippen LogP) is 6.04. The van der Waals surface area contributed by atoms with Crippen molar-refractivity contribution < 1.29 is 49.8 Å². The highest BCUT2D eigenvalue weighted by atomic mass is 35.5. The Labute approximate surface area is 206 Å². The van der Waals surface area contributed by atoms with Crippen LogP contribution in [-0.4, -0.2) is 18.1 Å². The first kappa shape index (κ1) is 24.7. The number of amides is 2. The van der Waals surface area contributed by atoms with Crippen molar-refractivity contribution in [3.05, 3.63) is 86.9 Å². The van der Waals surface area contributed by atoms with Crippen LogP contribution in [0.25, 0.3) is 0 Å². The first-order valence-corrected chi connectivity index (χ1v) is 10.5. The van der Waals surface area contributed by atoms with Crippen molar-refractivity contribution in [1.29, 1.82) is 0 Å². The molecule has 0 aromatic heterocycles. The van der Waals surface area contributed by atoms with Gasteiger partial charge in [0.15, 0.2) is 11.5 Å². The number of carbonyl (C=O) groups is 2. The molecule has 3 aromatic carbocycles. The quantitative estimate of drug-likeness (QED) is 0.393. The lowest BCUT2D eigenvalue weighted by Crippen LogP contribution is -2.26. The Morgan fingerprint density at radius 3 is 2.46 bits per heavy atom. The molecule has 0 spiro atoms. The van der Waals surface area contributed by atoms with E-state index in [-0.39, 0.29) is 27.9 Å². The third kappa shape index (κ3) is 4.39. The number of alkyl halides is 5. The van der Waals surface area contributed by atoms with Crippen molar-refractivity contribution in [3.8, 4) is 11.5 Å². The van der Waals surface area contributed by atoms with Gasteiger partial charge in [0.1, 0.15) is 11.6 Å². The van der Waals surface area contributed by atoms with E-state index in [1.807, 2.05) is 0 Å². The summed E-state index contributed by atoms with van der Waals surface area (Å²) < 4.78 is 104. The molecule has 2 aliphatic rings. The number of rotatable bonds is 3. The van der Waals surface area contributed by atoms with E-state index in [0.717, 1.165) is 18.2 Å². The van der Waals surface area contributed by atoms with Crippen molar-refractivity contribution >= 4 is 29.1 Å². The van der Waals surface area contributed by atoms with Gasteiger partial charge in [-0.15, -0.1) is 8.78 Å². The first-order valence-electron chi connectivity index (χ1n) is 10.2. The van der Waals surface area contributed by atoms with Gasteiger partial charge >= 0.3 is 12.5 Å². The fourth-order valence-electron chi connectivity index (χ4n) is 4.05. The lowest BCUT2D eigenvalue weighted by atomic mass is 9.95. The summed E-state index contributed by atoms with van der Waals surface area (Å²) in [5.74, 6) is -5.73. The number of nitrogens with one attached hydrogen (secondary N) is 2. The van der Waals surface area contributed by atoms with Crippen molar-refractivity contribution in [1.82, 2.24) is 5.32 Å². The SMILES string of the molecule is O=C(Nc1cc2c(c3c1C(c1cc(F)ccc1Cl)NC3=O)OC(F)(F)O2)c1cc(F)cc(C(F)(F)F)c1. The Morgan fingerprint density at radius 2 is 1.76 bits per heavy atom. The third-order valence-corrected chi connectivity index (χ3v) is 5.88. The van der Waals surface area contributed by atoms with E-state index < -0.39 is 70.2 Å². The molecule has 0 aliphatic carbocycles. The molecule has 37 heavy (non-hydrogen) atoms. The molecule has 6 nitrogen and oxygen atoms in total. The van der Waals surface area contributed by atoms with Crippen LogP contribution in [0.1, 0.15) is 43.4 Å². The van der Waals surface area contributed by atoms with Crippen LogP contribution in [0, 0.1) is 11.6 Å². The largest absolute Gasteiger partial charge is 0.586 e. The third-order valence-electron chi connectivity index (χ3n) is 5.53. The van der Waals surface area contributed by atoms with E-state index in [1.165, 1.54) is 6.07 Å². The number of anilines is 1. The molecular weight excluding hydrogens is 537 g/mol. The zero-order valence-corrected chi connectivity index (χ0v) is 18.5. The maximum atomic E-state index is 14.0. The molecule has 1 atom stereocenters. The summed E-state index contributed by atoms with van der Waals surface area (Å²) in [5.41, 5.74) is -3.35. The highest BCUT2D eigenvalue weighted by molar-refractivity contribution is 6.31.